The Balaban J connectivity index is 3.04. The Hall–Kier alpha value is -0.340. The minimum absolute atomic E-state index is 0.263. The van der Waals surface area contributed by atoms with E-state index in [0.29, 0.717) is 5.02 Å². The molecule has 0 aliphatic rings. The Kier molecular flexibility index (Phi) is 2.46. The fourth-order valence-corrected chi connectivity index (χ4v) is 0.819. The van der Waals surface area contributed by atoms with Crippen LogP contribution < -0.4 is 0 Å². The van der Waals surface area contributed by atoms with Crippen LogP contribution in [-0.2, 0) is 6.42 Å². The van der Waals surface area contributed by atoms with Gasteiger partial charge in [-0.2, -0.15) is 5.10 Å². The molecular formula is C6H6Cl2N2. The molecule has 0 saturated carbocycles. The third-order valence-electron chi connectivity index (χ3n) is 1.12. The molecule has 0 aliphatic carbocycles. The van der Waals surface area contributed by atoms with Gasteiger partial charge in [0.05, 0.1) is 10.7 Å². The SMILES string of the molecule is CCc1cc(Cl)c(Cl)nn1. The second kappa shape index (κ2) is 3.17. The van der Waals surface area contributed by atoms with Gasteiger partial charge in [-0.25, -0.2) is 0 Å². The van der Waals surface area contributed by atoms with E-state index >= 15 is 0 Å². The lowest BCUT2D eigenvalue weighted by atomic mass is 10.3. The first-order chi connectivity index (χ1) is 4.74. The van der Waals surface area contributed by atoms with E-state index in [4.69, 9.17) is 23.2 Å². The molecule has 4 heteroatoms. The molecule has 0 aromatic carbocycles. The van der Waals surface area contributed by atoms with Crippen molar-refractivity contribution in [3.05, 3.63) is 21.9 Å². The lowest BCUT2D eigenvalue weighted by Gasteiger charge is -1.95. The Bertz CT molecular complexity index is 237. The summed E-state index contributed by atoms with van der Waals surface area (Å²) in [6.45, 7) is 1.98. The first-order valence-corrected chi connectivity index (χ1v) is 3.67. The summed E-state index contributed by atoms with van der Waals surface area (Å²) in [4.78, 5) is 0. The fourth-order valence-electron chi connectivity index (χ4n) is 0.563. The van der Waals surface area contributed by atoms with Crippen molar-refractivity contribution >= 4 is 23.2 Å². The summed E-state index contributed by atoms with van der Waals surface area (Å²) in [5, 5.41) is 8.15. The van der Waals surface area contributed by atoms with E-state index in [1.54, 1.807) is 6.07 Å². The van der Waals surface area contributed by atoms with E-state index in [-0.39, 0.29) is 5.15 Å². The van der Waals surface area contributed by atoms with Crippen LogP contribution in [-0.4, -0.2) is 10.2 Å². The molecule has 1 aromatic rings. The zero-order valence-corrected chi connectivity index (χ0v) is 6.95. The summed E-state index contributed by atoms with van der Waals surface area (Å²) in [5.41, 5.74) is 0.856. The van der Waals surface area contributed by atoms with Crippen molar-refractivity contribution in [3.63, 3.8) is 0 Å². The van der Waals surface area contributed by atoms with Crippen LogP contribution >= 0.6 is 23.2 Å². The highest BCUT2D eigenvalue weighted by molar-refractivity contribution is 6.41. The zero-order valence-electron chi connectivity index (χ0n) is 5.43. The molecule has 0 bridgehead atoms. The Morgan fingerprint density at radius 2 is 2.10 bits per heavy atom. The van der Waals surface area contributed by atoms with E-state index in [1.807, 2.05) is 6.92 Å². The number of rotatable bonds is 1. The van der Waals surface area contributed by atoms with Gasteiger partial charge in [0, 0.05) is 0 Å². The minimum Gasteiger partial charge on any atom is -0.154 e. The van der Waals surface area contributed by atoms with Crippen molar-refractivity contribution in [2.45, 2.75) is 13.3 Å². The number of nitrogens with zero attached hydrogens (tertiary/aromatic N) is 2. The summed E-state index contributed by atoms with van der Waals surface area (Å²) in [6.07, 6.45) is 0.823. The molecule has 2 nitrogen and oxygen atoms in total. The molecule has 0 radical (unpaired) electrons. The molecule has 0 amide bonds. The van der Waals surface area contributed by atoms with Crippen LogP contribution in [0, 0.1) is 0 Å². The summed E-state index contributed by atoms with van der Waals surface area (Å²) in [7, 11) is 0. The highest BCUT2D eigenvalue weighted by Gasteiger charge is 1.99. The number of aromatic nitrogens is 2. The van der Waals surface area contributed by atoms with Crippen LogP contribution in [0.4, 0.5) is 0 Å². The van der Waals surface area contributed by atoms with E-state index < -0.39 is 0 Å². The largest absolute Gasteiger partial charge is 0.170 e. The number of hydrogen-bond donors (Lipinski definition) is 0. The van der Waals surface area contributed by atoms with Gasteiger partial charge in [0.25, 0.3) is 0 Å². The Labute approximate surface area is 69.2 Å². The highest BCUT2D eigenvalue weighted by Crippen LogP contribution is 2.17. The van der Waals surface area contributed by atoms with Crippen LogP contribution in [0.15, 0.2) is 6.07 Å². The smallest absolute Gasteiger partial charge is 0.154 e. The molecule has 0 atom stereocenters. The molecule has 1 aromatic heterocycles. The summed E-state index contributed by atoms with van der Waals surface area (Å²) in [5.74, 6) is 0. The van der Waals surface area contributed by atoms with Crippen LogP contribution in [0.25, 0.3) is 0 Å². The molecule has 0 fully saturated rings. The van der Waals surface area contributed by atoms with Gasteiger partial charge in [-0.05, 0) is 12.5 Å². The molecule has 0 saturated heterocycles. The van der Waals surface area contributed by atoms with Gasteiger partial charge in [-0.3, -0.25) is 0 Å². The van der Waals surface area contributed by atoms with Crippen molar-refractivity contribution in [2.24, 2.45) is 0 Å². The van der Waals surface area contributed by atoms with Crippen molar-refractivity contribution in [3.8, 4) is 0 Å². The average Bonchev–Trinajstić information content (AvgIpc) is 1.95. The van der Waals surface area contributed by atoms with Gasteiger partial charge in [-0.1, -0.05) is 30.1 Å². The van der Waals surface area contributed by atoms with E-state index in [9.17, 15) is 0 Å². The number of aryl methyl sites for hydroxylation is 1. The van der Waals surface area contributed by atoms with Crippen LogP contribution in [0.1, 0.15) is 12.6 Å². The molecule has 0 spiro atoms. The minimum atomic E-state index is 0.263. The topological polar surface area (TPSA) is 25.8 Å². The zero-order chi connectivity index (χ0) is 7.56. The predicted octanol–water partition coefficient (Wildman–Crippen LogP) is 2.35. The summed E-state index contributed by atoms with van der Waals surface area (Å²) >= 11 is 11.2. The molecule has 10 heavy (non-hydrogen) atoms. The normalized spacial score (nSPS) is 9.90. The predicted molar refractivity (Wildman–Crippen MR) is 41.4 cm³/mol. The lowest BCUT2D eigenvalue weighted by Crippen LogP contribution is -1.90. The maximum atomic E-state index is 5.66. The Morgan fingerprint density at radius 3 is 2.60 bits per heavy atom. The van der Waals surface area contributed by atoms with Gasteiger partial charge >= 0.3 is 0 Å². The third kappa shape index (κ3) is 1.58. The van der Waals surface area contributed by atoms with Crippen LogP contribution in [0.2, 0.25) is 10.2 Å². The van der Waals surface area contributed by atoms with Crippen molar-refractivity contribution < 1.29 is 0 Å². The molecule has 54 valence electrons. The Morgan fingerprint density at radius 1 is 1.40 bits per heavy atom. The average molecular weight is 177 g/mol. The summed E-state index contributed by atoms with van der Waals surface area (Å²) in [6, 6.07) is 1.72. The second-order valence-corrected chi connectivity index (χ2v) is 2.59. The van der Waals surface area contributed by atoms with Crippen LogP contribution in [0.3, 0.4) is 0 Å². The van der Waals surface area contributed by atoms with Gasteiger partial charge < -0.3 is 0 Å². The maximum absolute atomic E-state index is 5.66. The van der Waals surface area contributed by atoms with Crippen LogP contribution in [0.5, 0.6) is 0 Å². The maximum Gasteiger partial charge on any atom is 0.170 e. The monoisotopic (exact) mass is 176 g/mol. The van der Waals surface area contributed by atoms with Crippen molar-refractivity contribution in [1.82, 2.24) is 10.2 Å². The number of hydrogen-bond acceptors (Lipinski definition) is 2. The molecule has 1 rings (SSSR count). The fraction of sp³-hybridized carbons (Fsp3) is 0.333. The van der Waals surface area contributed by atoms with Gasteiger partial charge in [-0.15, -0.1) is 5.10 Å². The quantitative estimate of drug-likeness (QED) is 0.657. The highest BCUT2D eigenvalue weighted by atomic mass is 35.5. The molecule has 0 aliphatic heterocycles. The molecule has 0 N–H and O–H groups in total. The van der Waals surface area contributed by atoms with Crippen molar-refractivity contribution in [1.29, 1.82) is 0 Å². The first kappa shape index (κ1) is 7.76. The molecule has 0 unspecified atom stereocenters. The molecule has 1 heterocycles. The summed E-state index contributed by atoms with van der Waals surface area (Å²) < 4.78 is 0. The van der Waals surface area contributed by atoms with E-state index in [2.05, 4.69) is 10.2 Å². The van der Waals surface area contributed by atoms with Gasteiger partial charge in [0.2, 0.25) is 0 Å². The molecular weight excluding hydrogens is 171 g/mol. The van der Waals surface area contributed by atoms with E-state index in [1.165, 1.54) is 0 Å². The van der Waals surface area contributed by atoms with Crippen molar-refractivity contribution in [2.75, 3.05) is 0 Å². The van der Waals surface area contributed by atoms with Gasteiger partial charge in [0.1, 0.15) is 0 Å². The standard InChI is InChI=1S/C6H6Cl2N2/c1-2-4-3-5(7)6(8)10-9-4/h3H,2H2,1H3. The second-order valence-electron chi connectivity index (χ2n) is 1.83. The third-order valence-corrected chi connectivity index (χ3v) is 1.78. The lowest BCUT2D eigenvalue weighted by molar-refractivity contribution is 0.919. The first-order valence-electron chi connectivity index (χ1n) is 2.91. The number of halogens is 2. The van der Waals surface area contributed by atoms with Gasteiger partial charge in [0.15, 0.2) is 5.15 Å². The van der Waals surface area contributed by atoms with E-state index in [0.717, 1.165) is 12.1 Å².